The number of benzene rings is 2. The predicted octanol–water partition coefficient (Wildman–Crippen LogP) is 4.87. The number of nitrogens with zero attached hydrogens (tertiary/aromatic N) is 2. The number of pyridine rings is 1. The highest BCUT2D eigenvalue weighted by Crippen LogP contribution is 2.53. The Labute approximate surface area is 327 Å². The molecule has 1 saturated heterocycles. The van der Waals surface area contributed by atoms with E-state index in [4.69, 9.17) is 19.2 Å². The molecule has 3 fully saturated rings. The fourth-order valence-electron chi connectivity index (χ4n) is 7.24. The second kappa shape index (κ2) is 15.1. The number of hydrogen-bond acceptors (Lipinski definition) is 11. The zero-order chi connectivity index (χ0) is 40.8. The number of alkyl carbamates (subject to hydrolysis) is 1. The Morgan fingerprint density at radius 3 is 2.30 bits per heavy atom. The normalized spacial score (nSPS) is 23.1. The number of aromatic nitrogens is 1. The molecule has 15 heteroatoms. The highest BCUT2D eigenvalue weighted by molar-refractivity contribution is 7.91. The molecule has 6 rings (SSSR count). The van der Waals surface area contributed by atoms with Crippen molar-refractivity contribution in [2.24, 2.45) is 11.3 Å². The number of nitrogens with one attached hydrogen (secondary N) is 3. The number of amides is 4. The Morgan fingerprint density at radius 1 is 1.02 bits per heavy atom. The lowest BCUT2D eigenvalue weighted by Gasteiger charge is -2.34. The van der Waals surface area contributed by atoms with Crippen LogP contribution in [0, 0.1) is 11.3 Å². The minimum Gasteiger partial charge on any atom is -0.497 e. The monoisotopic (exact) mass is 789 g/mol. The van der Waals surface area contributed by atoms with E-state index in [-0.39, 0.29) is 19.4 Å². The van der Waals surface area contributed by atoms with Crippen molar-refractivity contribution in [3.05, 3.63) is 67.3 Å². The van der Waals surface area contributed by atoms with Gasteiger partial charge in [-0.15, -0.1) is 6.58 Å². The van der Waals surface area contributed by atoms with Gasteiger partial charge in [0.05, 0.1) is 29.6 Å². The number of imide groups is 1. The zero-order valence-electron chi connectivity index (χ0n) is 32.9. The summed E-state index contributed by atoms with van der Waals surface area (Å²) < 4.78 is 45.9. The molecule has 0 bridgehead atoms. The maximum absolute atomic E-state index is 14.4. The van der Waals surface area contributed by atoms with Crippen LogP contribution in [0.3, 0.4) is 0 Å². The third-order valence-corrected chi connectivity index (χ3v) is 12.1. The van der Waals surface area contributed by atoms with Gasteiger partial charge in [0.1, 0.15) is 34.8 Å². The Morgan fingerprint density at radius 2 is 1.71 bits per heavy atom. The van der Waals surface area contributed by atoms with Crippen LogP contribution < -0.4 is 24.8 Å². The van der Waals surface area contributed by atoms with Gasteiger partial charge in [0.2, 0.25) is 21.8 Å². The minimum atomic E-state index is -3.94. The lowest BCUT2D eigenvalue weighted by atomic mass is 9.86. The van der Waals surface area contributed by atoms with Crippen molar-refractivity contribution in [3.63, 3.8) is 0 Å². The van der Waals surface area contributed by atoms with Crippen LogP contribution in [-0.4, -0.2) is 90.3 Å². The number of ether oxygens (including phenoxy) is 3. The summed E-state index contributed by atoms with van der Waals surface area (Å²) in [5.41, 5.74) is -1.03. The summed E-state index contributed by atoms with van der Waals surface area (Å²) in [4.78, 5) is 61.6. The molecule has 1 aliphatic heterocycles. The largest absolute Gasteiger partial charge is 0.497 e. The Kier molecular flexibility index (Phi) is 11.0. The molecule has 2 aliphatic carbocycles. The van der Waals surface area contributed by atoms with E-state index in [0.29, 0.717) is 40.9 Å². The van der Waals surface area contributed by atoms with E-state index in [0.717, 1.165) is 5.56 Å². The van der Waals surface area contributed by atoms with Gasteiger partial charge < -0.3 is 19.5 Å². The van der Waals surface area contributed by atoms with Crippen molar-refractivity contribution < 1.29 is 41.8 Å². The number of sulfonamides is 1. The van der Waals surface area contributed by atoms with E-state index < -0.39 is 79.7 Å². The lowest BCUT2D eigenvalue weighted by Crippen LogP contribution is -2.60. The van der Waals surface area contributed by atoms with Gasteiger partial charge in [0.15, 0.2) is 0 Å². The molecule has 5 atom stereocenters. The summed E-state index contributed by atoms with van der Waals surface area (Å²) in [5, 5.41) is 5.12. The maximum Gasteiger partial charge on any atom is 0.408 e. The third-order valence-electron chi connectivity index (χ3n) is 10.3. The smallest absolute Gasteiger partial charge is 0.408 e. The van der Waals surface area contributed by atoms with Crippen molar-refractivity contribution >= 4 is 44.7 Å². The van der Waals surface area contributed by atoms with E-state index in [1.165, 1.54) is 0 Å². The van der Waals surface area contributed by atoms with Crippen molar-refractivity contribution in [1.82, 2.24) is 25.2 Å². The number of fused-ring (bicyclic) bond motifs is 1. The van der Waals surface area contributed by atoms with E-state index in [1.54, 1.807) is 71.8 Å². The second-order valence-electron chi connectivity index (χ2n) is 16.8. The SMILES string of the molecule is C=C[C@H]1C[C@]1(C(=O)NS(=O)(=O)C1CC1)N1C[C@H](Oc2cc(-c3ccccc3)nc3cc(OC)ccc23)C[C@H]1C(=O)NC(=O)[C@@H](NC(=O)OC(C)(C)C)C(C)(C)C. The standard InChI is InChI=1S/C41H51N5O9S/c1-9-25-22-41(25,37(49)45-56(51,52)28-16-17-28)46-23-27(20-32(46)35(47)44-36(48)34(39(2,3)4)43-38(50)55-40(5,6)7)54-33-21-30(24-13-11-10-12-14-24)42-31-19-26(53-8)15-18-29(31)33/h9-15,18-19,21,25,27-28,32,34H,1,16-17,20,22-23H2,2-8H3,(H,43,50)(H,45,49)(H,44,47,48)/t25-,27+,32-,34+,41-/m0/s1. The molecule has 14 nitrogen and oxygen atoms in total. The number of carbonyl (C=O) groups excluding carboxylic acids is 4. The topological polar surface area (TPSA) is 182 Å². The van der Waals surface area contributed by atoms with Crippen LogP contribution in [0.25, 0.3) is 22.2 Å². The average molecular weight is 790 g/mol. The number of hydrogen-bond donors (Lipinski definition) is 3. The molecule has 2 aromatic carbocycles. The number of likely N-dealkylation sites (tertiary alicyclic amines) is 1. The predicted molar refractivity (Wildman–Crippen MR) is 210 cm³/mol. The van der Waals surface area contributed by atoms with Crippen molar-refractivity contribution in [2.75, 3.05) is 13.7 Å². The molecule has 2 heterocycles. The first-order chi connectivity index (χ1) is 26.3. The van der Waals surface area contributed by atoms with Gasteiger partial charge in [0, 0.05) is 42.0 Å². The van der Waals surface area contributed by atoms with Gasteiger partial charge >= 0.3 is 6.09 Å². The second-order valence-corrected chi connectivity index (χ2v) is 18.8. The summed E-state index contributed by atoms with van der Waals surface area (Å²) in [7, 11) is -2.37. The summed E-state index contributed by atoms with van der Waals surface area (Å²) in [6.45, 7) is 14.2. The zero-order valence-corrected chi connectivity index (χ0v) is 33.7. The molecule has 2 saturated carbocycles. The van der Waals surface area contributed by atoms with Gasteiger partial charge in [-0.3, -0.25) is 29.3 Å². The van der Waals surface area contributed by atoms with Crippen molar-refractivity contribution in [3.8, 4) is 22.8 Å². The van der Waals surface area contributed by atoms with Crippen LogP contribution >= 0.6 is 0 Å². The van der Waals surface area contributed by atoms with Crippen LogP contribution in [0.15, 0.2) is 67.3 Å². The first-order valence-electron chi connectivity index (χ1n) is 18.8. The van der Waals surface area contributed by atoms with E-state index in [9.17, 15) is 27.6 Å². The van der Waals surface area contributed by atoms with Crippen molar-refractivity contribution in [2.45, 2.75) is 102 Å². The lowest BCUT2D eigenvalue weighted by molar-refractivity contribution is -0.137. The summed E-state index contributed by atoms with van der Waals surface area (Å²) in [6.07, 6.45) is 1.20. The molecule has 3 N–H and O–H groups in total. The van der Waals surface area contributed by atoms with Crippen LogP contribution in [0.1, 0.15) is 67.2 Å². The Hall–Kier alpha value is -5.02. The number of rotatable bonds is 12. The highest BCUT2D eigenvalue weighted by atomic mass is 32.2. The van der Waals surface area contributed by atoms with Crippen LogP contribution in [0.5, 0.6) is 11.5 Å². The van der Waals surface area contributed by atoms with Crippen LogP contribution in [0.2, 0.25) is 0 Å². The molecule has 0 spiro atoms. The van der Waals surface area contributed by atoms with Crippen LogP contribution in [-0.2, 0) is 29.1 Å². The summed E-state index contributed by atoms with van der Waals surface area (Å²) in [5.74, 6) is -1.68. The Bertz CT molecular complexity index is 2140. The Balaban J connectivity index is 1.34. The fraction of sp³-hybridized carbons (Fsp3) is 0.488. The van der Waals surface area contributed by atoms with Crippen LogP contribution in [0.4, 0.5) is 4.79 Å². The van der Waals surface area contributed by atoms with Gasteiger partial charge in [-0.2, -0.15) is 0 Å². The fourth-order valence-corrected chi connectivity index (χ4v) is 8.60. The highest BCUT2D eigenvalue weighted by Gasteiger charge is 2.67. The first kappa shape index (κ1) is 40.6. The molecule has 300 valence electrons. The maximum atomic E-state index is 14.4. The molecule has 56 heavy (non-hydrogen) atoms. The summed E-state index contributed by atoms with van der Waals surface area (Å²) in [6, 6.07) is 14.5. The van der Waals surface area contributed by atoms with Gasteiger partial charge in [-0.25, -0.2) is 18.2 Å². The molecule has 0 radical (unpaired) electrons. The molecular weight excluding hydrogens is 739 g/mol. The van der Waals surface area contributed by atoms with E-state index in [2.05, 4.69) is 21.9 Å². The molecule has 1 aromatic heterocycles. The molecule has 0 unspecified atom stereocenters. The minimum absolute atomic E-state index is 0.0347. The van der Waals surface area contributed by atoms with E-state index in [1.807, 2.05) is 42.5 Å². The molecule has 3 aromatic rings. The third kappa shape index (κ3) is 8.68. The van der Waals surface area contributed by atoms with Gasteiger partial charge in [0.25, 0.3) is 5.91 Å². The van der Waals surface area contributed by atoms with Gasteiger partial charge in [-0.1, -0.05) is 57.2 Å². The molecule has 3 aliphatic rings. The van der Waals surface area contributed by atoms with Crippen molar-refractivity contribution in [1.29, 1.82) is 0 Å². The van der Waals surface area contributed by atoms with Gasteiger partial charge in [-0.05, 0) is 57.6 Å². The average Bonchev–Trinajstić information content (AvgIpc) is 4.06. The summed E-state index contributed by atoms with van der Waals surface area (Å²) >= 11 is 0. The quantitative estimate of drug-likeness (QED) is 0.213. The first-order valence-corrected chi connectivity index (χ1v) is 20.3. The number of methoxy groups -OCH3 is 1. The molecular formula is C41H51N5O9S. The molecule has 4 amide bonds. The van der Waals surface area contributed by atoms with E-state index >= 15 is 0 Å². The number of carbonyl (C=O) groups is 4.